The highest BCUT2D eigenvalue weighted by Gasteiger charge is 2.48. The monoisotopic (exact) mass is 528 g/mol. The molecule has 1 heterocycles. The summed E-state index contributed by atoms with van der Waals surface area (Å²) >= 11 is 0. The van der Waals surface area contributed by atoms with Gasteiger partial charge in [-0.3, -0.25) is 9.59 Å². The van der Waals surface area contributed by atoms with Crippen LogP contribution in [0.25, 0.3) is 0 Å². The Labute approximate surface area is 219 Å². The fourth-order valence-electron chi connectivity index (χ4n) is 5.94. The smallest absolute Gasteiger partial charge is 0.201 e. The molecule has 4 N–H and O–H groups in total. The average molecular weight is 529 g/mol. The van der Waals surface area contributed by atoms with E-state index in [1.807, 2.05) is 0 Å². The van der Waals surface area contributed by atoms with Crippen molar-refractivity contribution in [3.8, 4) is 11.5 Å². The first-order valence-corrected chi connectivity index (χ1v) is 12.5. The van der Waals surface area contributed by atoms with E-state index in [0.29, 0.717) is 11.1 Å². The van der Waals surface area contributed by atoms with Crippen LogP contribution in [0.4, 0.5) is 0 Å². The number of hydrogen-bond acceptors (Lipinski definition) is 10. The van der Waals surface area contributed by atoms with Gasteiger partial charge in [-0.15, -0.1) is 0 Å². The minimum absolute atomic E-state index is 0.00859. The van der Waals surface area contributed by atoms with Gasteiger partial charge in [-0.05, 0) is 44.0 Å². The van der Waals surface area contributed by atoms with E-state index in [0.717, 1.165) is 0 Å². The quantitative estimate of drug-likeness (QED) is 0.394. The number of ketones is 2. The van der Waals surface area contributed by atoms with Crippen molar-refractivity contribution in [2.24, 2.45) is 0 Å². The Morgan fingerprint density at radius 2 is 1.76 bits per heavy atom. The van der Waals surface area contributed by atoms with E-state index >= 15 is 0 Å². The summed E-state index contributed by atoms with van der Waals surface area (Å²) in [6.45, 7) is 4.96. The Morgan fingerprint density at radius 1 is 1.05 bits per heavy atom. The van der Waals surface area contributed by atoms with Gasteiger partial charge in [-0.2, -0.15) is 0 Å². The highest BCUT2D eigenvalue weighted by Crippen LogP contribution is 2.48. The number of aryl methyl sites for hydroxylation is 1. The summed E-state index contributed by atoms with van der Waals surface area (Å²) in [5.41, 5.74) is 0.175. The van der Waals surface area contributed by atoms with Gasteiger partial charge in [0.1, 0.15) is 29.8 Å². The van der Waals surface area contributed by atoms with Gasteiger partial charge >= 0.3 is 0 Å². The third-order valence-corrected chi connectivity index (χ3v) is 7.80. The van der Waals surface area contributed by atoms with Crippen molar-refractivity contribution in [2.75, 3.05) is 14.2 Å². The number of aromatic hydroxyl groups is 1. The first kappa shape index (κ1) is 26.7. The van der Waals surface area contributed by atoms with Gasteiger partial charge in [0.15, 0.2) is 12.1 Å². The van der Waals surface area contributed by atoms with Gasteiger partial charge in [-0.1, -0.05) is 6.07 Å². The minimum atomic E-state index is -1.37. The Hall–Kier alpha value is -2.86. The molecular formula is C28H32O10. The van der Waals surface area contributed by atoms with Crippen molar-refractivity contribution < 1.29 is 49.0 Å². The molecule has 0 bridgehead atoms. The first-order valence-electron chi connectivity index (χ1n) is 12.5. The molecule has 5 rings (SSSR count). The van der Waals surface area contributed by atoms with Crippen LogP contribution in [0.3, 0.4) is 0 Å². The Bertz CT molecular complexity index is 1320. The van der Waals surface area contributed by atoms with Crippen molar-refractivity contribution in [3.05, 3.63) is 57.1 Å². The fraction of sp³-hybridized carbons (Fsp3) is 0.500. The summed E-state index contributed by atoms with van der Waals surface area (Å²) in [6, 6.07) is 4.78. The van der Waals surface area contributed by atoms with Crippen molar-refractivity contribution in [3.63, 3.8) is 0 Å². The van der Waals surface area contributed by atoms with Crippen LogP contribution in [-0.4, -0.2) is 82.5 Å². The van der Waals surface area contributed by atoms with Crippen LogP contribution >= 0.6 is 0 Å². The molecule has 2 aromatic carbocycles. The van der Waals surface area contributed by atoms with Crippen molar-refractivity contribution in [2.45, 2.75) is 76.0 Å². The molecule has 10 heteroatoms. The standard InChI is InChI=1S/C28H32O10/c1-11-6-7-14-19(25(11)35-4)23(32)18-15(21(14)30)8-13-9-28(3,34)10-16(17(13)22(18)31)38-27-24(33)26(36-5)20(29)12(2)37-27/h6-8,12,16,20,24,26-27,29,31,33-34H,9-10H2,1-5H3/t12-,16-,20-,24+,26+,27-,28+/m0/s1. The van der Waals surface area contributed by atoms with E-state index in [9.17, 15) is 30.0 Å². The third-order valence-electron chi connectivity index (χ3n) is 7.80. The number of hydrogen-bond donors (Lipinski definition) is 4. The largest absolute Gasteiger partial charge is 0.507 e. The van der Waals surface area contributed by atoms with Gasteiger partial charge in [0, 0.05) is 36.6 Å². The number of ether oxygens (including phenoxy) is 4. The molecule has 1 aliphatic heterocycles. The molecule has 2 aliphatic carbocycles. The number of carbonyl (C=O) groups is 2. The van der Waals surface area contributed by atoms with Gasteiger partial charge < -0.3 is 39.4 Å². The predicted octanol–water partition coefficient (Wildman–Crippen LogP) is 1.72. The van der Waals surface area contributed by atoms with Crippen LogP contribution in [0, 0.1) is 6.92 Å². The molecule has 0 amide bonds. The predicted molar refractivity (Wildman–Crippen MR) is 133 cm³/mol. The first-order chi connectivity index (χ1) is 17.9. The molecule has 10 nitrogen and oxygen atoms in total. The molecule has 1 saturated heterocycles. The molecule has 2 aromatic rings. The third kappa shape index (κ3) is 4.03. The second kappa shape index (κ2) is 9.41. The number of fused-ring (bicyclic) bond motifs is 3. The molecule has 3 aliphatic rings. The second-order valence-electron chi connectivity index (χ2n) is 10.6. The van der Waals surface area contributed by atoms with E-state index in [4.69, 9.17) is 18.9 Å². The van der Waals surface area contributed by atoms with Crippen molar-refractivity contribution in [1.82, 2.24) is 0 Å². The average Bonchev–Trinajstić information content (AvgIpc) is 2.84. The molecule has 7 atom stereocenters. The Kier molecular flexibility index (Phi) is 6.62. The molecule has 0 radical (unpaired) electrons. The van der Waals surface area contributed by atoms with Crippen LogP contribution < -0.4 is 4.74 Å². The maximum Gasteiger partial charge on any atom is 0.201 e. The molecule has 0 spiro atoms. The number of methoxy groups -OCH3 is 2. The highest BCUT2D eigenvalue weighted by atomic mass is 16.7. The van der Waals surface area contributed by atoms with E-state index in [1.165, 1.54) is 20.3 Å². The van der Waals surface area contributed by atoms with Gasteiger partial charge in [0.2, 0.25) is 5.78 Å². The van der Waals surface area contributed by atoms with Gasteiger partial charge in [0.25, 0.3) is 0 Å². The SMILES string of the molecule is COc1c(C)ccc2c1C(=O)c1c(cc3c(c1O)[C@@H](O[C@@H]1O[C@@H](C)[C@H](O)[C@@H](OC)[C@H]1O)C[C@](C)(O)C3)C2=O. The number of aliphatic hydroxyl groups excluding tert-OH is 2. The molecule has 204 valence electrons. The molecule has 0 unspecified atom stereocenters. The van der Waals surface area contributed by atoms with Gasteiger partial charge in [-0.25, -0.2) is 0 Å². The number of aliphatic hydroxyl groups is 3. The topological polar surface area (TPSA) is 152 Å². The summed E-state index contributed by atoms with van der Waals surface area (Å²) in [4.78, 5) is 27.2. The minimum Gasteiger partial charge on any atom is -0.507 e. The van der Waals surface area contributed by atoms with E-state index < -0.39 is 59.7 Å². The Balaban J connectivity index is 1.62. The zero-order valence-electron chi connectivity index (χ0n) is 21.8. The summed E-state index contributed by atoms with van der Waals surface area (Å²) in [5, 5.41) is 43.7. The van der Waals surface area contributed by atoms with Crippen LogP contribution in [0.2, 0.25) is 0 Å². The number of phenolic OH excluding ortho intramolecular Hbond substituents is 1. The van der Waals surface area contributed by atoms with Crippen molar-refractivity contribution in [1.29, 1.82) is 0 Å². The zero-order valence-corrected chi connectivity index (χ0v) is 21.8. The summed E-state index contributed by atoms with van der Waals surface area (Å²) < 4.78 is 22.5. The fourth-order valence-corrected chi connectivity index (χ4v) is 5.94. The maximum atomic E-state index is 13.7. The number of benzene rings is 2. The highest BCUT2D eigenvalue weighted by molar-refractivity contribution is 6.30. The second-order valence-corrected chi connectivity index (χ2v) is 10.6. The maximum absolute atomic E-state index is 13.7. The van der Waals surface area contributed by atoms with E-state index in [2.05, 4.69) is 0 Å². The summed E-state index contributed by atoms with van der Waals surface area (Å²) in [6.07, 6.45) is -6.37. The molecule has 0 aromatic heterocycles. The van der Waals surface area contributed by atoms with Crippen molar-refractivity contribution >= 4 is 11.6 Å². The van der Waals surface area contributed by atoms with E-state index in [-0.39, 0.29) is 46.4 Å². The molecule has 0 saturated carbocycles. The van der Waals surface area contributed by atoms with E-state index in [1.54, 1.807) is 32.9 Å². The lowest BCUT2D eigenvalue weighted by Gasteiger charge is -2.44. The van der Waals surface area contributed by atoms with Crippen LogP contribution in [0.5, 0.6) is 11.5 Å². The Morgan fingerprint density at radius 3 is 2.42 bits per heavy atom. The molecular weight excluding hydrogens is 496 g/mol. The zero-order chi connectivity index (χ0) is 27.7. The number of carbonyl (C=O) groups excluding carboxylic acids is 2. The normalized spacial score (nSPS) is 32.4. The molecule has 1 fully saturated rings. The lowest BCUT2D eigenvalue weighted by Crippen LogP contribution is -2.58. The number of phenols is 1. The summed E-state index contributed by atoms with van der Waals surface area (Å²) in [5.74, 6) is -1.16. The van der Waals surface area contributed by atoms with Crippen LogP contribution in [-0.2, 0) is 20.6 Å². The van der Waals surface area contributed by atoms with Gasteiger partial charge in [0.05, 0.1) is 36.0 Å². The number of rotatable bonds is 4. The van der Waals surface area contributed by atoms with Crippen LogP contribution in [0.15, 0.2) is 18.2 Å². The lowest BCUT2D eigenvalue weighted by molar-refractivity contribution is -0.311. The lowest BCUT2D eigenvalue weighted by atomic mass is 9.74. The molecule has 38 heavy (non-hydrogen) atoms. The summed E-state index contributed by atoms with van der Waals surface area (Å²) in [7, 11) is 2.76. The van der Waals surface area contributed by atoms with Crippen LogP contribution in [0.1, 0.15) is 74.9 Å².